The van der Waals surface area contributed by atoms with Gasteiger partial charge in [-0.2, -0.15) is 0 Å². The lowest BCUT2D eigenvalue weighted by Gasteiger charge is -2.12. The zero-order chi connectivity index (χ0) is 22.4. The number of nitrogens with one attached hydrogen (secondary N) is 1. The first-order valence-electron chi connectivity index (χ1n) is 10.2. The Balaban J connectivity index is 1.38. The van der Waals surface area contributed by atoms with Gasteiger partial charge in [-0.05, 0) is 38.8 Å². The Kier molecular flexibility index (Phi) is 7.22. The predicted octanol–water partition coefficient (Wildman–Crippen LogP) is 3.41. The van der Waals surface area contributed by atoms with Crippen LogP contribution in [0.4, 0.5) is 0 Å². The Bertz CT molecular complexity index is 1090. The molecule has 0 radical (unpaired) electrons. The van der Waals surface area contributed by atoms with E-state index < -0.39 is 22.1 Å². The number of unbranched alkanes of at least 4 members (excludes halogenated alkanes) is 2. The number of ether oxygens (including phenoxy) is 1. The van der Waals surface area contributed by atoms with Crippen molar-refractivity contribution in [2.24, 2.45) is 4.99 Å². The van der Waals surface area contributed by atoms with Crippen molar-refractivity contribution in [3.05, 3.63) is 65.2 Å². The number of sulfonamides is 1. The van der Waals surface area contributed by atoms with Crippen LogP contribution in [-0.4, -0.2) is 38.7 Å². The van der Waals surface area contributed by atoms with Gasteiger partial charge in [-0.1, -0.05) is 48.4 Å². The number of fused-ring (bicyclic) bond motifs is 1. The number of aryl methyl sites for hydroxylation is 1. The highest BCUT2D eigenvalue weighted by Gasteiger charge is 2.29. The molecule has 164 valence electrons. The number of rotatable bonds is 9. The molecule has 1 heterocycles. The Hall–Kier alpha value is -3.00. The summed E-state index contributed by atoms with van der Waals surface area (Å²) in [5, 5.41) is 0. The van der Waals surface area contributed by atoms with Crippen molar-refractivity contribution in [3.8, 4) is 0 Å². The van der Waals surface area contributed by atoms with Crippen LogP contribution in [0.5, 0.6) is 0 Å². The Morgan fingerprint density at radius 2 is 1.74 bits per heavy atom. The van der Waals surface area contributed by atoms with Gasteiger partial charge in [0.2, 0.25) is 5.78 Å². The van der Waals surface area contributed by atoms with Gasteiger partial charge in [0.15, 0.2) is 6.10 Å². The van der Waals surface area contributed by atoms with Crippen molar-refractivity contribution in [2.45, 2.75) is 50.5 Å². The summed E-state index contributed by atoms with van der Waals surface area (Å²) in [5.41, 5.74) is 2.16. The van der Waals surface area contributed by atoms with Gasteiger partial charge in [-0.15, -0.1) is 0 Å². The zero-order valence-electron chi connectivity index (χ0n) is 17.6. The Labute approximate surface area is 182 Å². The summed E-state index contributed by atoms with van der Waals surface area (Å²) in [7, 11) is -3.52. The molecule has 8 heteroatoms. The van der Waals surface area contributed by atoms with Crippen LogP contribution in [0.25, 0.3) is 0 Å². The smallest absolute Gasteiger partial charge is 0.306 e. The van der Waals surface area contributed by atoms with Crippen LogP contribution in [0.3, 0.4) is 0 Å². The molecule has 0 saturated carbocycles. The van der Waals surface area contributed by atoms with Gasteiger partial charge >= 0.3 is 5.97 Å². The monoisotopic (exact) mass is 442 g/mol. The predicted molar refractivity (Wildman–Crippen MR) is 118 cm³/mol. The fraction of sp³-hybridized carbons (Fsp3) is 0.348. The molecule has 0 bridgehead atoms. The molecular weight excluding hydrogens is 416 g/mol. The van der Waals surface area contributed by atoms with Crippen LogP contribution in [0.1, 0.15) is 54.1 Å². The summed E-state index contributed by atoms with van der Waals surface area (Å²) in [5.74, 6) is -0.265. The largest absolute Gasteiger partial charge is 0.454 e. The quantitative estimate of drug-likeness (QED) is 0.364. The van der Waals surface area contributed by atoms with Crippen molar-refractivity contribution in [2.75, 3.05) is 6.54 Å². The summed E-state index contributed by atoms with van der Waals surface area (Å²) in [6.45, 7) is 3.97. The van der Waals surface area contributed by atoms with E-state index in [2.05, 4.69) is 9.71 Å². The molecule has 1 aliphatic heterocycles. The number of aliphatic imine (C=N–C) groups is 1. The lowest BCUT2D eigenvalue weighted by atomic mass is 10.1. The number of benzene rings is 2. The first-order valence-corrected chi connectivity index (χ1v) is 11.7. The molecule has 3 rings (SSSR count). The molecule has 7 nitrogen and oxygen atoms in total. The molecule has 0 aliphatic carbocycles. The number of carbonyl (C=O) groups is 2. The van der Waals surface area contributed by atoms with E-state index in [4.69, 9.17) is 4.74 Å². The van der Waals surface area contributed by atoms with Crippen LogP contribution >= 0.6 is 0 Å². The molecule has 0 spiro atoms. The maximum Gasteiger partial charge on any atom is 0.306 e. The molecule has 2 aromatic rings. The molecule has 0 saturated heterocycles. The van der Waals surface area contributed by atoms with E-state index in [-0.39, 0.29) is 17.1 Å². The normalized spacial score (nSPS) is 16.4. The van der Waals surface area contributed by atoms with Crippen LogP contribution in [0, 0.1) is 6.92 Å². The van der Waals surface area contributed by atoms with E-state index >= 15 is 0 Å². The van der Waals surface area contributed by atoms with Crippen LogP contribution in [0.2, 0.25) is 0 Å². The van der Waals surface area contributed by atoms with Gasteiger partial charge < -0.3 is 4.74 Å². The molecule has 0 fully saturated rings. The Morgan fingerprint density at radius 3 is 2.48 bits per heavy atom. The highest BCUT2D eigenvalue weighted by molar-refractivity contribution is 7.90. The molecule has 1 atom stereocenters. The standard InChI is InChI=1S/C23H26N2O5S/c1-16-11-13-18(14-12-16)22(27)17(2)30-21(26)10-4-3-7-15-24-23-19-8-5-6-9-20(19)31(28,29)25-23/h5-6,8-9,11-14,17H,3-4,7,10,15H2,1-2H3,(H,24,25). The fourth-order valence-corrected chi connectivity index (χ4v) is 4.51. The molecule has 1 unspecified atom stereocenters. The second kappa shape index (κ2) is 9.87. The fourth-order valence-electron chi connectivity index (χ4n) is 3.26. The molecule has 1 aliphatic rings. The van der Waals surface area contributed by atoms with E-state index in [0.29, 0.717) is 36.3 Å². The van der Waals surface area contributed by atoms with E-state index in [0.717, 1.165) is 12.0 Å². The summed E-state index contributed by atoms with van der Waals surface area (Å²) >= 11 is 0. The van der Waals surface area contributed by atoms with Crippen molar-refractivity contribution in [1.82, 2.24) is 4.72 Å². The number of hydrogen-bond acceptors (Lipinski definition) is 6. The minimum Gasteiger partial charge on any atom is -0.454 e. The van der Waals surface area contributed by atoms with Crippen LogP contribution < -0.4 is 4.72 Å². The molecule has 1 N–H and O–H groups in total. The first kappa shape index (κ1) is 22.7. The first-order chi connectivity index (χ1) is 14.8. The molecule has 0 aromatic heterocycles. The average Bonchev–Trinajstić information content (AvgIpc) is 3.01. The second-order valence-corrected chi connectivity index (χ2v) is 9.16. The van der Waals surface area contributed by atoms with Crippen LogP contribution in [0.15, 0.2) is 58.4 Å². The highest BCUT2D eigenvalue weighted by atomic mass is 32.2. The van der Waals surface area contributed by atoms with Crippen molar-refractivity contribution < 1.29 is 22.7 Å². The van der Waals surface area contributed by atoms with Crippen LogP contribution in [-0.2, 0) is 19.6 Å². The summed E-state index contributed by atoms with van der Waals surface area (Å²) in [6, 6.07) is 13.9. The number of amidine groups is 1. The molecular formula is C23H26N2O5S. The van der Waals surface area contributed by atoms with Gasteiger partial charge in [0.1, 0.15) is 5.84 Å². The maximum absolute atomic E-state index is 12.3. The average molecular weight is 443 g/mol. The van der Waals surface area contributed by atoms with E-state index in [1.165, 1.54) is 0 Å². The molecule has 31 heavy (non-hydrogen) atoms. The topological polar surface area (TPSA) is 102 Å². The number of ketones is 1. The summed E-state index contributed by atoms with van der Waals surface area (Å²) in [6.07, 6.45) is 1.45. The summed E-state index contributed by atoms with van der Waals surface area (Å²) < 4.78 is 31.8. The lowest BCUT2D eigenvalue weighted by molar-refractivity contribution is -0.146. The second-order valence-electron chi connectivity index (χ2n) is 7.51. The van der Waals surface area contributed by atoms with Gasteiger partial charge in [0.05, 0.1) is 4.90 Å². The number of esters is 1. The number of carbonyl (C=O) groups excluding carboxylic acids is 2. The lowest BCUT2D eigenvalue weighted by Crippen LogP contribution is -2.24. The van der Waals surface area contributed by atoms with Gasteiger partial charge in [-0.25, -0.2) is 8.42 Å². The van der Waals surface area contributed by atoms with Gasteiger partial charge in [0.25, 0.3) is 10.0 Å². The Morgan fingerprint density at radius 1 is 1.03 bits per heavy atom. The van der Waals surface area contributed by atoms with Crippen molar-refractivity contribution in [1.29, 1.82) is 0 Å². The third-order valence-corrected chi connectivity index (χ3v) is 6.38. The van der Waals surface area contributed by atoms with Gasteiger partial charge in [-0.3, -0.25) is 19.3 Å². The van der Waals surface area contributed by atoms with Crippen molar-refractivity contribution >= 4 is 27.6 Å². The minimum absolute atomic E-state index is 0.219. The van der Waals surface area contributed by atoms with E-state index in [9.17, 15) is 18.0 Å². The molecule has 2 aromatic carbocycles. The number of hydrogen-bond donors (Lipinski definition) is 1. The third-order valence-electron chi connectivity index (χ3n) is 4.99. The van der Waals surface area contributed by atoms with E-state index in [1.807, 2.05) is 19.1 Å². The SMILES string of the molecule is Cc1ccc(C(=O)C(C)OC(=O)CCCCCN=C2NS(=O)(=O)c3ccccc32)cc1. The third kappa shape index (κ3) is 5.79. The number of nitrogens with zero attached hydrogens (tertiary/aromatic N) is 1. The van der Waals surface area contributed by atoms with Crippen molar-refractivity contribution in [3.63, 3.8) is 0 Å². The minimum atomic E-state index is -3.52. The maximum atomic E-state index is 12.3. The number of Topliss-reactive ketones (excluding diaryl/α,β-unsaturated/α-hetero) is 1. The summed E-state index contributed by atoms with van der Waals surface area (Å²) in [4.78, 5) is 28.9. The van der Waals surface area contributed by atoms with Gasteiger partial charge in [0, 0.05) is 24.1 Å². The highest BCUT2D eigenvalue weighted by Crippen LogP contribution is 2.22. The van der Waals surface area contributed by atoms with E-state index in [1.54, 1.807) is 43.3 Å². The molecule has 0 amide bonds. The zero-order valence-corrected chi connectivity index (χ0v) is 18.4.